The first kappa shape index (κ1) is 37.0. The smallest absolute Gasteiger partial charge is 0.0713 e. The second-order valence-electron chi connectivity index (χ2n) is 16.3. The molecule has 1 aromatic heterocycles. The first-order valence-corrected chi connectivity index (χ1v) is 22.5. The van der Waals surface area contributed by atoms with Gasteiger partial charge in [-0.15, -0.1) is 11.3 Å². The van der Waals surface area contributed by atoms with E-state index in [-0.39, 0.29) is 0 Å². The van der Waals surface area contributed by atoms with E-state index < -0.39 is 5.41 Å². The number of nitrogens with zero attached hydrogens (tertiary/aromatic N) is 1. The van der Waals surface area contributed by atoms with E-state index in [1.165, 1.54) is 86.9 Å². The molecule has 0 bridgehead atoms. The van der Waals surface area contributed by atoms with Crippen LogP contribution in [-0.4, -0.2) is 0 Å². The summed E-state index contributed by atoms with van der Waals surface area (Å²) >= 11 is 1.88. The summed E-state index contributed by atoms with van der Waals surface area (Å²) in [5.41, 5.74) is 17.9. The lowest BCUT2D eigenvalue weighted by Crippen LogP contribution is -2.28. The Labute approximate surface area is 372 Å². The van der Waals surface area contributed by atoms with Crippen LogP contribution in [0.4, 0.5) is 17.1 Å². The van der Waals surface area contributed by atoms with E-state index in [0.29, 0.717) is 0 Å². The number of thiophene rings is 1. The van der Waals surface area contributed by atoms with Gasteiger partial charge in [-0.3, -0.25) is 0 Å². The van der Waals surface area contributed by atoms with Gasteiger partial charge >= 0.3 is 0 Å². The summed E-state index contributed by atoms with van der Waals surface area (Å²) in [6.07, 6.45) is 0. The SMILES string of the molecule is c1ccc(-c2ccc(N(c3ccccc3)c3ccccc3-c3ccccc3-c3cccc4sc5ccc(C6(c7ccccc7)c7ccccc7-c7ccccc76)cc5c34)cc2)cc1. The van der Waals surface area contributed by atoms with Crippen molar-refractivity contribution in [3.8, 4) is 44.5 Å². The normalized spacial score (nSPS) is 12.6. The molecule has 0 fully saturated rings. The summed E-state index contributed by atoms with van der Waals surface area (Å²) < 4.78 is 2.57. The summed E-state index contributed by atoms with van der Waals surface area (Å²) in [5, 5.41) is 2.58. The van der Waals surface area contributed by atoms with E-state index in [4.69, 9.17) is 0 Å². The fourth-order valence-electron chi connectivity index (χ4n) is 10.3. The highest BCUT2D eigenvalue weighted by Gasteiger charge is 2.46. The van der Waals surface area contributed by atoms with Gasteiger partial charge in [-0.2, -0.15) is 0 Å². The van der Waals surface area contributed by atoms with Crippen molar-refractivity contribution in [1.82, 2.24) is 0 Å². The van der Waals surface area contributed by atoms with Crippen LogP contribution in [0.2, 0.25) is 0 Å². The van der Waals surface area contributed by atoms with Gasteiger partial charge in [0, 0.05) is 37.1 Å². The zero-order valence-electron chi connectivity index (χ0n) is 34.5. The Balaban J connectivity index is 1.05. The second-order valence-corrected chi connectivity index (χ2v) is 17.4. The first-order valence-electron chi connectivity index (χ1n) is 21.7. The molecule has 63 heavy (non-hydrogen) atoms. The molecule has 0 saturated heterocycles. The second kappa shape index (κ2) is 15.3. The molecule has 0 aliphatic heterocycles. The van der Waals surface area contributed by atoms with Gasteiger partial charge in [-0.1, -0.05) is 200 Å². The maximum absolute atomic E-state index is 2.51. The largest absolute Gasteiger partial charge is 0.310 e. The Bertz CT molecular complexity index is 3400. The van der Waals surface area contributed by atoms with Crippen LogP contribution >= 0.6 is 11.3 Å². The van der Waals surface area contributed by atoms with Gasteiger partial charge in [-0.05, 0) is 110 Å². The van der Waals surface area contributed by atoms with Crippen LogP contribution in [0, 0.1) is 0 Å². The molecule has 1 aliphatic carbocycles. The molecule has 1 nitrogen and oxygen atoms in total. The van der Waals surface area contributed by atoms with Crippen LogP contribution in [0.3, 0.4) is 0 Å². The molecule has 0 N–H and O–H groups in total. The highest BCUT2D eigenvalue weighted by atomic mass is 32.1. The number of benzene rings is 10. The van der Waals surface area contributed by atoms with Crippen LogP contribution in [0.25, 0.3) is 64.7 Å². The van der Waals surface area contributed by atoms with E-state index in [1.54, 1.807) is 0 Å². The van der Waals surface area contributed by atoms with E-state index in [1.807, 2.05) is 11.3 Å². The Hall–Kier alpha value is -7.78. The molecule has 0 amide bonds. The first-order chi connectivity index (χ1) is 31.3. The van der Waals surface area contributed by atoms with E-state index in [0.717, 1.165) is 17.1 Å². The molecule has 0 unspecified atom stereocenters. The predicted octanol–water partition coefficient (Wildman–Crippen LogP) is 16.9. The number of hydrogen-bond acceptors (Lipinski definition) is 2. The lowest BCUT2D eigenvalue weighted by atomic mass is 9.67. The summed E-state index contributed by atoms with van der Waals surface area (Å²) in [6.45, 7) is 0. The number of fused-ring (bicyclic) bond motifs is 6. The third-order valence-electron chi connectivity index (χ3n) is 13.0. The van der Waals surface area contributed by atoms with Crippen LogP contribution in [0.1, 0.15) is 22.3 Å². The van der Waals surface area contributed by atoms with Gasteiger partial charge < -0.3 is 4.90 Å². The molecule has 0 atom stereocenters. The molecule has 0 spiro atoms. The fourth-order valence-corrected chi connectivity index (χ4v) is 11.4. The molecular weight excluding hydrogens is 779 g/mol. The van der Waals surface area contributed by atoms with E-state index >= 15 is 0 Å². The number of hydrogen-bond donors (Lipinski definition) is 0. The predicted molar refractivity (Wildman–Crippen MR) is 268 cm³/mol. The minimum Gasteiger partial charge on any atom is -0.310 e. The maximum Gasteiger partial charge on any atom is 0.0713 e. The number of anilines is 3. The van der Waals surface area contributed by atoms with Crippen molar-refractivity contribution < 1.29 is 0 Å². The Morgan fingerprint density at radius 2 is 0.825 bits per heavy atom. The average Bonchev–Trinajstić information content (AvgIpc) is 3.89. The molecule has 296 valence electrons. The molecule has 2 heteroatoms. The van der Waals surface area contributed by atoms with E-state index in [9.17, 15) is 0 Å². The summed E-state index contributed by atoms with van der Waals surface area (Å²) in [4.78, 5) is 2.40. The molecule has 1 heterocycles. The maximum atomic E-state index is 2.51. The zero-order valence-corrected chi connectivity index (χ0v) is 35.3. The molecule has 1 aliphatic rings. The minimum absolute atomic E-state index is 0.469. The van der Waals surface area contributed by atoms with Crippen molar-refractivity contribution in [1.29, 1.82) is 0 Å². The molecular formula is C61H41NS. The highest BCUT2D eigenvalue weighted by Crippen LogP contribution is 2.57. The van der Waals surface area contributed by atoms with Crippen LogP contribution < -0.4 is 4.90 Å². The van der Waals surface area contributed by atoms with Gasteiger partial charge in [0.1, 0.15) is 0 Å². The molecule has 12 rings (SSSR count). The van der Waals surface area contributed by atoms with Gasteiger partial charge in [0.05, 0.1) is 11.1 Å². The minimum atomic E-state index is -0.469. The number of para-hydroxylation sites is 2. The van der Waals surface area contributed by atoms with Crippen LogP contribution in [0.5, 0.6) is 0 Å². The Morgan fingerprint density at radius 3 is 1.51 bits per heavy atom. The summed E-state index contributed by atoms with van der Waals surface area (Å²) in [5.74, 6) is 0. The number of rotatable bonds is 8. The summed E-state index contributed by atoms with van der Waals surface area (Å²) in [7, 11) is 0. The van der Waals surface area contributed by atoms with E-state index in [2.05, 4.69) is 254 Å². The Morgan fingerprint density at radius 1 is 0.317 bits per heavy atom. The third-order valence-corrected chi connectivity index (χ3v) is 14.1. The third kappa shape index (κ3) is 5.98. The molecule has 0 radical (unpaired) electrons. The fraction of sp³-hybridized carbons (Fsp3) is 0.0164. The quantitative estimate of drug-likeness (QED) is 0.148. The van der Waals surface area contributed by atoms with Crippen LogP contribution in [0.15, 0.2) is 249 Å². The summed E-state index contributed by atoms with van der Waals surface area (Å²) in [6, 6.07) is 91.4. The monoisotopic (exact) mass is 819 g/mol. The zero-order chi connectivity index (χ0) is 41.7. The highest BCUT2D eigenvalue weighted by molar-refractivity contribution is 7.26. The van der Waals surface area contributed by atoms with Crippen molar-refractivity contribution in [2.24, 2.45) is 0 Å². The van der Waals surface area contributed by atoms with Gasteiger partial charge in [0.25, 0.3) is 0 Å². The van der Waals surface area contributed by atoms with Gasteiger partial charge in [0.15, 0.2) is 0 Å². The lowest BCUT2D eigenvalue weighted by Gasteiger charge is -2.34. The van der Waals surface area contributed by atoms with Crippen molar-refractivity contribution >= 4 is 48.6 Å². The molecule has 11 aromatic rings. The van der Waals surface area contributed by atoms with Crippen molar-refractivity contribution in [2.75, 3.05) is 4.90 Å². The van der Waals surface area contributed by atoms with Crippen molar-refractivity contribution in [3.63, 3.8) is 0 Å². The average molecular weight is 820 g/mol. The Kier molecular flexibility index (Phi) is 8.98. The standard InChI is InChI=1S/C61H41NS/c1-4-19-42(20-5-1)43-35-38-47(39-36-43)62(46-23-8-3-9-24-46)57-33-17-14-29-52(57)48-25-10-11-26-49(48)53-30-18-34-59-60(53)54-41-45(37-40-58(54)63-59)61(44-21-6-2-7-22-44)55-31-15-12-27-50(55)51-28-13-16-32-56(51)61/h1-41H. The lowest BCUT2D eigenvalue weighted by molar-refractivity contribution is 0.770. The van der Waals surface area contributed by atoms with Crippen LogP contribution in [-0.2, 0) is 5.41 Å². The van der Waals surface area contributed by atoms with Crippen molar-refractivity contribution in [3.05, 3.63) is 271 Å². The van der Waals surface area contributed by atoms with Gasteiger partial charge in [0.2, 0.25) is 0 Å². The molecule has 10 aromatic carbocycles. The van der Waals surface area contributed by atoms with Gasteiger partial charge in [-0.25, -0.2) is 0 Å². The molecule has 0 saturated carbocycles. The topological polar surface area (TPSA) is 3.24 Å². The van der Waals surface area contributed by atoms with Crippen molar-refractivity contribution in [2.45, 2.75) is 5.41 Å².